The van der Waals surface area contributed by atoms with E-state index in [1.54, 1.807) is 0 Å². The highest BCUT2D eigenvalue weighted by molar-refractivity contribution is 5.97. The topological polar surface area (TPSA) is 49.3 Å². The predicted molar refractivity (Wildman–Crippen MR) is 70.0 cm³/mol. The molecule has 0 spiro atoms. The number of carbonyl (C=O) groups is 1. The maximum Gasteiger partial charge on any atom is 0.252 e. The maximum atomic E-state index is 13.3. The number of rotatable bonds is 3. The van der Waals surface area contributed by atoms with E-state index >= 15 is 0 Å². The number of aliphatic hydroxyl groups is 1. The van der Waals surface area contributed by atoms with Gasteiger partial charge >= 0.3 is 0 Å². The number of hydrogen-bond acceptors (Lipinski definition) is 2. The molecule has 4 heteroatoms. The first-order valence-electron chi connectivity index (χ1n) is 6.32. The van der Waals surface area contributed by atoms with Gasteiger partial charge in [0.15, 0.2) is 0 Å². The molecule has 2 N–H and O–H groups in total. The van der Waals surface area contributed by atoms with Crippen molar-refractivity contribution in [1.29, 1.82) is 0 Å². The number of benzene rings is 1. The lowest BCUT2D eigenvalue weighted by atomic mass is 10.1. The van der Waals surface area contributed by atoms with Crippen molar-refractivity contribution in [2.24, 2.45) is 5.92 Å². The normalized spacial score (nSPS) is 20.4. The van der Waals surface area contributed by atoms with Gasteiger partial charge in [0.05, 0.1) is 12.2 Å². The Morgan fingerprint density at radius 3 is 2.95 bits per heavy atom. The average Bonchev–Trinajstić information content (AvgIpc) is 3.06. The van der Waals surface area contributed by atoms with E-state index in [4.69, 9.17) is 5.11 Å². The van der Waals surface area contributed by atoms with Gasteiger partial charge in [-0.15, -0.1) is 0 Å². The summed E-state index contributed by atoms with van der Waals surface area (Å²) in [5.41, 5.74) is 0.741. The molecule has 0 heterocycles. The highest BCUT2D eigenvalue weighted by atomic mass is 19.1. The third-order valence-corrected chi connectivity index (χ3v) is 3.11. The third kappa shape index (κ3) is 3.55. The molecule has 19 heavy (non-hydrogen) atoms. The van der Waals surface area contributed by atoms with Crippen molar-refractivity contribution in [1.82, 2.24) is 5.32 Å². The Kier molecular flexibility index (Phi) is 4.18. The van der Waals surface area contributed by atoms with Crippen LogP contribution in [-0.4, -0.2) is 23.7 Å². The Balaban J connectivity index is 2.19. The Labute approximate surface area is 111 Å². The van der Waals surface area contributed by atoms with E-state index in [2.05, 4.69) is 24.1 Å². The maximum absolute atomic E-state index is 13.3. The molecule has 0 saturated heterocycles. The fraction of sp³-hybridized carbons (Fsp3) is 0.400. The SMILES string of the molecule is CC1CC1NC(=O)c1cc(F)ccc1C#CCCO. The second-order valence-electron chi connectivity index (χ2n) is 4.76. The fourth-order valence-corrected chi connectivity index (χ4v) is 1.80. The monoisotopic (exact) mass is 261 g/mol. The summed E-state index contributed by atoms with van der Waals surface area (Å²) in [6.45, 7) is 2.02. The van der Waals surface area contributed by atoms with Gasteiger partial charge in [-0.3, -0.25) is 4.79 Å². The molecule has 1 aromatic carbocycles. The first-order chi connectivity index (χ1) is 9.11. The smallest absolute Gasteiger partial charge is 0.252 e. The molecule has 100 valence electrons. The Bertz CT molecular complexity index is 545. The van der Waals surface area contributed by atoms with Crippen LogP contribution in [0.25, 0.3) is 0 Å². The van der Waals surface area contributed by atoms with Gasteiger partial charge in [0.2, 0.25) is 0 Å². The molecule has 0 aliphatic heterocycles. The van der Waals surface area contributed by atoms with Crippen LogP contribution in [0.4, 0.5) is 4.39 Å². The Hall–Kier alpha value is -1.86. The lowest BCUT2D eigenvalue weighted by Crippen LogP contribution is -2.27. The molecule has 1 fully saturated rings. The van der Waals surface area contributed by atoms with E-state index in [9.17, 15) is 9.18 Å². The molecule has 3 nitrogen and oxygen atoms in total. The number of aliphatic hydroxyl groups excluding tert-OH is 1. The first-order valence-corrected chi connectivity index (χ1v) is 6.32. The molecule has 1 aliphatic carbocycles. The van der Waals surface area contributed by atoms with E-state index in [1.165, 1.54) is 18.2 Å². The van der Waals surface area contributed by atoms with Gasteiger partial charge in [0.1, 0.15) is 5.82 Å². The van der Waals surface area contributed by atoms with E-state index in [1.807, 2.05) is 0 Å². The quantitative estimate of drug-likeness (QED) is 0.814. The zero-order valence-electron chi connectivity index (χ0n) is 10.7. The number of amides is 1. The van der Waals surface area contributed by atoms with Gasteiger partial charge in [0.25, 0.3) is 5.91 Å². The van der Waals surface area contributed by atoms with E-state index in [-0.39, 0.29) is 24.1 Å². The summed E-state index contributed by atoms with van der Waals surface area (Å²) in [6.07, 6.45) is 1.30. The molecule has 2 atom stereocenters. The molecule has 2 rings (SSSR count). The molecule has 0 aromatic heterocycles. The molecule has 0 radical (unpaired) electrons. The summed E-state index contributed by atoms with van der Waals surface area (Å²) in [7, 11) is 0. The molecule has 1 aliphatic rings. The van der Waals surface area contributed by atoms with Gasteiger partial charge < -0.3 is 10.4 Å². The van der Waals surface area contributed by atoms with Crippen molar-refractivity contribution in [3.8, 4) is 11.8 Å². The van der Waals surface area contributed by atoms with Gasteiger partial charge in [-0.2, -0.15) is 0 Å². The van der Waals surface area contributed by atoms with Crippen LogP contribution in [0.5, 0.6) is 0 Å². The van der Waals surface area contributed by atoms with Crippen LogP contribution >= 0.6 is 0 Å². The molecule has 0 bridgehead atoms. The van der Waals surface area contributed by atoms with Crippen LogP contribution in [0.1, 0.15) is 35.7 Å². The minimum absolute atomic E-state index is 0.0324. The van der Waals surface area contributed by atoms with Crippen LogP contribution in [0.15, 0.2) is 18.2 Å². The molecular formula is C15H16FNO2. The fourth-order valence-electron chi connectivity index (χ4n) is 1.80. The number of halogens is 1. The van der Waals surface area contributed by atoms with Crippen molar-refractivity contribution >= 4 is 5.91 Å². The molecule has 2 unspecified atom stereocenters. The molecule has 1 amide bonds. The van der Waals surface area contributed by atoms with Crippen molar-refractivity contribution in [3.05, 3.63) is 35.1 Å². The lowest BCUT2D eigenvalue weighted by Gasteiger charge is -2.06. The summed E-state index contributed by atoms with van der Waals surface area (Å²) < 4.78 is 13.3. The molecule has 1 saturated carbocycles. The molecular weight excluding hydrogens is 245 g/mol. The zero-order chi connectivity index (χ0) is 13.8. The Morgan fingerprint density at radius 2 is 2.32 bits per heavy atom. The highest BCUT2D eigenvalue weighted by Gasteiger charge is 2.34. The van der Waals surface area contributed by atoms with Crippen molar-refractivity contribution in [2.45, 2.75) is 25.8 Å². The largest absolute Gasteiger partial charge is 0.395 e. The van der Waals surface area contributed by atoms with Crippen LogP contribution in [0.3, 0.4) is 0 Å². The standard InChI is InChI=1S/C15H16FNO2/c1-10-8-14(10)17-15(19)13-9-12(16)6-5-11(13)4-2-3-7-18/h5-6,9-10,14,18H,3,7-8H2,1H3,(H,17,19). The lowest BCUT2D eigenvalue weighted by molar-refractivity contribution is 0.0948. The minimum Gasteiger partial charge on any atom is -0.395 e. The van der Waals surface area contributed by atoms with Crippen molar-refractivity contribution < 1.29 is 14.3 Å². The summed E-state index contributed by atoms with van der Waals surface area (Å²) in [5.74, 6) is 5.27. The Morgan fingerprint density at radius 1 is 1.58 bits per heavy atom. The van der Waals surface area contributed by atoms with Crippen molar-refractivity contribution in [3.63, 3.8) is 0 Å². The zero-order valence-corrected chi connectivity index (χ0v) is 10.7. The second kappa shape index (κ2) is 5.85. The first kappa shape index (κ1) is 13.6. The average molecular weight is 261 g/mol. The predicted octanol–water partition coefficient (Wildman–Crippen LogP) is 1.70. The van der Waals surface area contributed by atoms with Gasteiger partial charge in [-0.1, -0.05) is 18.8 Å². The van der Waals surface area contributed by atoms with Gasteiger partial charge in [0, 0.05) is 18.0 Å². The number of hydrogen-bond donors (Lipinski definition) is 2. The number of nitrogens with one attached hydrogen (secondary N) is 1. The minimum atomic E-state index is -0.457. The summed E-state index contributed by atoms with van der Waals surface area (Å²) in [5, 5.41) is 11.5. The number of carbonyl (C=O) groups excluding carboxylic acids is 1. The summed E-state index contributed by atoms with van der Waals surface area (Å²) >= 11 is 0. The van der Waals surface area contributed by atoms with E-state index in [0.29, 0.717) is 17.9 Å². The van der Waals surface area contributed by atoms with Crippen LogP contribution in [-0.2, 0) is 0 Å². The van der Waals surface area contributed by atoms with Crippen molar-refractivity contribution in [2.75, 3.05) is 6.61 Å². The second-order valence-corrected chi connectivity index (χ2v) is 4.76. The summed E-state index contributed by atoms with van der Waals surface area (Å²) in [4.78, 5) is 12.1. The summed E-state index contributed by atoms with van der Waals surface area (Å²) in [6, 6.07) is 4.16. The highest BCUT2D eigenvalue weighted by Crippen LogP contribution is 2.29. The van der Waals surface area contributed by atoms with Crippen LogP contribution < -0.4 is 5.32 Å². The van der Waals surface area contributed by atoms with Crippen LogP contribution in [0.2, 0.25) is 0 Å². The van der Waals surface area contributed by atoms with Crippen LogP contribution in [0, 0.1) is 23.6 Å². The van der Waals surface area contributed by atoms with Gasteiger partial charge in [-0.25, -0.2) is 4.39 Å². The third-order valence-electron chi connectivity index (χ3n) is 3.11. The van der Waals surface area contributed by atoms with E-state index < -0.39 is 5.82 Å². The van der Waals surface area contributed by atoms with Gasteiger partial charge in [-0.05, 0) is 30.5 Å². The molecule has 1 aromatic rings. The van der Waals surface area contributed by atoms with E-state index in [0.717, 1.165) is 6.42 Å².